The van der Waals surface area contributed by atoms with E-state index < -0.39 is 11.8 Å². The standard InChI is InChI=1S/C24H34FN7O/c1-31(2)22-18-5-3-4-6-20(18)29-24(30-22)28-16-8-10-17(11-9-16)32(23(27)33)21-13-15(14-26)7-12-19(21)25/h7,12-13,16-17H,3-6,8-11,14,26H2,1-2H3,(H2,27,33)(H,28,29,30)/t16-,17+. The Morgan fingerprint density at radius 3 is 2.55 bits per heavy atom. The molecule has 0 aliphatic heterocycles. The molecule has 0 spiro atoms. The number of carbonyl (C=O) groups excluding carboxylic acids is 1. The predicted octanol–water partition coefficient (Wildman–Crippen LogP) is 3.33. The second kappa shape index (κ2) is 9.91. The SMILES string of the molecule is CN(C)c1nc(N[C@H]2CC[C@@H](N(C(N)=O)c3cc(CN)ccc3F)CC2)nc2c1CCCC2. The highest BCUT2D eigenvalue weighted by Crippen LogP contribution is 2.32. The van der Waals surface area contributed by atoms with Crippen LogP contribution in [0.3, 0.4) is 0 Å². The van der Waals surface area contributed by atoms with Gasteiger partial charge in [-0.1, -0.05) is 6.07 Å². The minimum atomic E-state index is -0.645. The Hall–Kier alpha value is -2.94. The summed E-state index contributed by atoms with van der Waals surface area (Å²) in [5.41, 5.74) is 14.8. The van der Waals surface area contributed by atoms with Crippen molar-refractivity contribution in [2.24, 2.45) is 11.5 Å². The van der Waals surface area contributed by atoms with Gasteiger partial charge in [-0.2, -0.15) is 4.98 Å². The summed E-state index contributed by atoms with van der Waals surface area (Å²) < 4.78 is 14.6. The second-order valence-corrected chi connectivity index (χ2v) is 9.25. The Labute approximate surface area is 194 Å². The first-order chi connectivity index (χ1) is 15.9. The van der Waals surface area contributed by atoms with Crippen molar-refractivity contribution < 1.29 is 9.18 Å². The van der Waals surface area contributed by atoms with Gasteiger partial charge in [-0.15, -0.1) is 0 Å². The van der Waals surface area contributed by atoms with Crippen molar-refractivity contribution in [1.82, 2.24) is 9.97 Å². The van der Waals surface area contributed by atoms with Crippen LogP contribution in [0.1, 0.15) is 55.3 Å². The summed E-state index contributed by atoms with van der Waals surface area (Å²) in [5.74, 6) is 1.19. The molecular weight excluding hydrogens is 421 g/mol. The second-order valence-electron chi connectivity index (χ2n) is 9.25. The molecule has 0 unspecified atom stereocenters. The van der Waals surface area contributed by atoms with Crippen LogP contribution in [0.15, 0.2) is 18.2 Å². The molecule has 0 atom stereocenters. The van der Waals surface area contributed by atoms with Gasteiger partial charge < -0.3 is 21.7 Å². The van der Waals surface area contributed by atoms with Crippen molar-refractivity contribution in [2.75, 3.05) is 29.2 Å². The number of fused-ring (bicyclic) bond motifs is 1. The van der Waals surface area contributed by atoms with Gasteiger partial charge in [0.15, 0.2) is 0 Å². The third kappa shape index (κ3) is 5.03. The third-order valence-corrected chi connectivity index (χ3v) is 6.72. The van der Waals surface area contributed by atoms with Crippen LogP contribution < -0.4 is 26.6 Å². The molecule has 8 nitrogen and oxygen atoms in total. The summed E-state index contributed by atoms with van der Waals surface area (Å²) in [5, 5.41) is 3.51. The molecule has 0 radical (unpaired) electrons. The Morgan fingerprint density at radius 2 is 1.88 bits per heavy atom. The maximum atomic E-state index is 14.6. The van der Waals surface area contributed by atoms with Crippen molar-refractivity contribution in [3.8, 4) is 0 Å². The summed E-state index contributed by atoms with van der Waals surface area (Å²) in [6.45, 7) is 0.270. The number of halogens is 1. The number of hydrogen-bond donors (Lipinski definition) is 3. The van der Waals surface area contributed by atoms with E-state index in [1.54, 1.807) is 12.1 Å². The van der Waals surface area contributed by atoms with Crippen LogP contribution in [-0.2, 0) is 19.4 Å². The smallest absolute Gasteiger partial charge is 0.319 e. The number of nitrogens with two attached hydrogens (primary N) is 2. The van der Waals surface area contributed by atoms with Crippen molar-refractivity contribution in [3.05, 3.63) is 40.8 Å². The van der Waals surface area contributed by atoms with E-state index in [0.717, 1.165) is 49.2 Å². The molecule has 1 fully saturated rings. The van der Waals surface area contributed by atoms with E-state index in [9.17, 15) is 9.18 Å². The number of rotatable bonds is 6. The lowest BCUT2D eigenvalue weighted by Gasteiger charge is -2.36. The molecule has 1 heterocycles. The first-order valence-electron chi connectivity index (χ1n) is 11.8. The van der Waals surface area contributed by atoms with E-state index in [-0.39, 0.29) is 24.3 Å². The van der Waals surface area contributed by atoms with E-state index in [0.29, 0.717) is 18.8 Å². The number of urea groups is 1. The van der Waals surface area contributed by atoms with E-state index in [4.69, 9.17) is 21.4 Å². The van der Waals surface area contributed by atoms with Crippen molar-refractivity contribution >= 4 is 23.5 Å². The third-order valence-electron chi connectivity index (χ3n) is 6.72. The summed E-state index contributed by atoms with van der Waals surface area (Å²) in [6, 6.07) is 3.97. The maximum Gasteiger partial charge on any atom is 0.319 e. The molecule has 9 heteroatoms. The molecule has 0 bridgehead atoms. The fourth-order valence-corrected chi connectivity index (χ4v) is 5.03. The van der Waals surface area contributed by atoms with Crippen molar-refractivity contribution in [2.45, 2.75) is 70.0 Å². The van der Waals surface area contributed by atoms with Gasteiger partial charge >= 0.3 is 6.03 Å². The lowest BCUT2D eigenvalue weighted by Crippen LogP contribution is -2.47. The van der Waals surface area contributed by atoms with Crippen LogP contribution >= 0.6 is 0 Å². The number of amides is 2. The molecule has 2 amide bonds. The van der Waals surface area contributed by atoms with Gasteiger partial charge in [-0.05, 0) is 69.1 Å². The summed E-state index contributed by atoms with van der Waals surface area (Å²) in [7, 11) is 4.03. The first-order valence-corrected chi connectivity index (χ1v) is 11.8. The van der Waals surface area contributed by atoms with Crippen LogP contribution in [0.2, 0.25) is 0 Å². The molecule has 2 aliphatic rings. The average molecular weight is 456 g/mol. The molecule has 2 aliphatic carbocycles. The Morgan fingerprint density at radius 1 is 1.15 bits per heavy atom. The highest BCUT2D eigenvalue weighted by Gasteiger charge is 2.31. The van der Waals surface area contributed by atoms with Gasteiger partial charge in [0.1, 0.15) is 11.6 Å². The fourth-order valence-electron chi connectivity index (χ4n) is 5.03. The van der Waals surface area contributed by atoms with Gasteiger partial charge in [0.2, 0.25) is 5.95 Å². The van der Waals surface area contributed by atoms with Gasteiger partial charge in [0, 0.05) is 38.3 Å². The number of nitrogens with zero attached hydrogens (tertiary/aromatic N) is 4. The van der Waals surface area contributed by atoms with Crippen LogP contribution in [0, 0.1) is 5.82 Å². The minimum absolute atomic E-state index is 0.162. The number of nitrogens with one attached hydrogen (secondary N) is 1. The highest BCUT2D eigenvalue weighted by molar-refractivity contribution is 5.91. The topological polar surface area (TPSA) is 113 Å². The molecule has 0 saturated heterocycles. The predicted molar refractivity (Wildman–Crippen MR) is 129 cm³/mol. The molecule has 33 heavy (non-hydrogen) atoms. The Kier molecular flexibility index (Phi) is 6.97. The number of carbonyl (C=O) groups is 1. The van der Waals surface area contributed by atoms with Gasteiger partial charge in [-0.3, -0.25) is 4.90 Å². The van der Waals surface area contributed by atoms with E-state index in [2.05, 4.69) is 10.2 Å². The zero-order valence-corrected chi connectivity index (χ0v) is 19.5. The Balaban J connectivity index is 1.46. The van der Waals surface area contributed by atoms with Crippen molar-refractivity contribution in [3.63, 3.8) is 0 Å². The quantitative estimate of drug-likeness (QED) is 0.616. The lowest BCUT2D eigenvalue weighted by atomic mass is 9.90. The maximum absolute atomic E-state index is 14.6. The normalized spacial score (nSPS) is 20.1. The molecular formula is C24H34FN7O. The first kappa shape index (κ1) is 23.2. The van der Waals surface area contributed by atoms with Gasteiger partial charge in [0.25, 0.3) is 0 Å². The number of anilines is 3. The molecule has 5 N–H and O–H groups in total. The fraction of sp³-hybridized carbons (Fsp3) is 0.542. The molecule has 1 saturated carbocycles. The molecule has 1 aromatic heterocycles. The molecule has 178 valence electrons. The van der Waals surface area contributed by atoms with Crippen LogP contribution in [0.25, 0.3) is 0 Å². The van der Waals surface area contributed by atoms with E-state index in [1.807, 2.05) is 14.1 Å². The molecule has 2 aromatic rings. The number of primary amides is 1. The van der Waals surface area contributed by atoms with Gasteiger partial charge in [-0.25, -0.2) is 14.2 Å². The lowest BCUT2D eigenvalue weighted by molar-refractivity contribution is 0.248. The summed E-state index contributed by atoms with van der Waals surface area (Å²) in [4.78, 5) is 25.3. The zero-order chi connectivity index (χ0) is 23.5. The zero-order valence-electron chi connectivity index (χ0n) is 19.5. The summed E-state index contributed by atoms with van der Waals surface area (Å²) in [6.07, 6.45) is 7.39. The van der Waals surface area contributed by atoms with Crippen LogP contribution in [0.4, 0.5) is 26.6 Å². The largest absolute Gasteiger partial charge is 0.362 e. The van der Waals surface area contributed by atoms with E-state index >= 15 is 0 Å². The molecule has 1 aromatic carbocycles. The number of aromatic nitrogens is 2. The van der Waals surface area contributed by atoms with Gasteiger partial charge in [0.05, 0.1) is 11.4 Å². The van der Waals surface area contributed by atoms with Crippen LogP contribution in [0.5, 0.6) is 0 Å². The number of aryl methyl sites for hydroxylation is 1. The van der Waals surface area contributed by atoms with Crippen molar-refractivity contribution in [1.29, 1.82) is 0 Å². The number of hydrogen-bond acceptors (Lipinski definition) is 6. The average Bonchev–Trinajstić information content (AvgIpc) is 2.80. The molecule has 4 rings (SSSR count). The minimum Gasteiger partial charge on any atom is -0.362 e. The summed E-state index contributed by atoms with van der Waals surface area (Å²) >= 11 is 0. The van der Waals surface area contributed by atoms with Crippen LogP contribution in [-0.4, -0.2) is 42.2 Å². The van der Waals surface area contributed by atoms with E-state index in [1.165, 1.54) is 23.0 Å². The number of benzene rings is 1. The highest BCUT2D eigenvalue weighted by atomic mass is 19.1. The Bertz CT molecular complexity index is 1000. The monoisotopic (exact) mass is 455 g/mol.